The monoisotopic (exact) mass is 371 g/mol. The van der Waals surface area contributed by atoms with Crippen LogP contribution in [0.3, 0.4) is 0 Å². The predicted molar refractivity (Wildman–Crippen MR) is 96.7 cm³/mol. The molecule has 2 aromatic rings. The van der Waals surface area contributed by atoms with Crippen molar-refractivity contribution in [2.45, 2.75) is 25.4 Å². The van der Waals surface area contributed by atoms with E-state index in [4.69, 9.17) is 10.2 Å². The summed E-state index contributed by atoms with van der Waals surface area (Å²) < 4.78 is 5.16. The number of amides is 3. The van der Waals surface area contributed by atoms with Crippen LogP contribution in [0.25, 0.3) is 0 Å². The van der Waals surface area contributed by atoms with Crippen LogP contribution in [0, 0.1) is 0 Å². The minimum atomic E-state index is -0.683. The average Bonchev–Trinajstić information content (AvgIpc) is 3.32. The molecule has 0 aromatic carbocycles. The second-order valence-corrected chi connectivity index (χ2v) is 6.22. The van der Waals surface area contributed by atoms with E-state index >= 15 is 0 Å². The van der Waals surface area contributed by atoms with Gasteiger partial charge in [-0.15, -0.1) is 0 Å². The molecule has 27 heavy (non-hydrogen) atoms. The number of likely N-dealkylation sites (N-methyl/N-ethyl adjacent to an activating group) is 1. The molecule has 0 saturated carbocycles. The van der Waals surface area contributed by atoms with Crippen LogP contribution in [0.2, 0.25) is 0 Å². The van der Waals surface area contributed by atoms with Crippen molar-refractivity contribution in [3.05, 3.63) is 48.0 Å². The van der Waals surface area contributed by atoms with Gasteiger partial charge in [0.15, 0.2) is 5.76 Å². The van der Waals surface area contributed by atoms with Crippen molar-refractivity contribution in [1.82, 2.24) is 20.5 Å². The number of nitrogens with zero attached hydrogens (tertiary/aromatic N) is 2. The summed E-state index contributed by atoms with van der Waals surface area (Å²) in [6.07, 6.45) is 3.09. The van der Waals surface area contributed by atoms with E-state index in [1.54, 1.807) is 25.1 Å². The van der Waals surface area contributed by atoms with E-state index in [0.29, 0.717) is 24.3 Å². The van der Waals surface area contributed by atoms with E-state index in [-0.39, 0.29) is 36.1 Å². The largest absolute Gasteiger partial charge is 0.459 e. The first kappa shape index (κ1) is 18.4. The highest BCUT2D eigenvalue weighted by molar-refractivity contribution is 5.97. The van der Waals surface area contributed by atoms with Crippen molar-refractivity contribution in [1.29, 1.82) is 0 Å². The summed E-state index contributed by atoms with van der Waals surface area (Å²) in [5.74, 6) is -0.516. The zero-order valence-electron chi connectivity index (χ0n) is 14.8. The predicted octanol–water partition coefficient (Wildman–Crippen LogP) is 0.406. The van der Waals surface area contributed by atoms with Crippen LogP contribution in [0.15, 0.2) is 41.1 Å². The lowest BCUT2D eigenvalue weighted by Gasteiger charge is -2.22. The number of hydrogen-bond donors (Lipinski definition) is 3. The number of pyridine rings is 1. The van der Waals surface area contributed by atoms with Gasteiger partial charge < -0.3 is 25.7 Å². The Morgan fingerprint density at radius 1 is 1.33 bits per heavy atom. The number of aromatic nitrogens is 1. The van der Waals surface area contributed by atoms with Gasteiger partial charge in [-0.3, -0.25) is 14.4 Å². The van der Waals surface area contributed by atoms with Crippen molar-refractivity contribution < 1.29 is 18.8 Å². The summed E-state index contributed by atoms with van der Waals surface area (Å²) in [5.41, 5.74) is 5.88. The lowest BCUT2D eigenvalue weighted by atomic mass is 10.1. The van der Waals surface area contributed by atoms with E-state index in [1.807, 2.05) is 0 Å². The summed E-state index contributed by atoms with van der Waals surface area (Å²) >= 11 is 0. The average molecular weight is 371 g/mol. The molecule has 3 heterocycles. The third-order valence-corrected chi connectivity index (χ3v) is 4.33. The quantitative estimate of drug-likeness (QED) is 0.698. The molecule has 0 radical (unpaired) electrons. The van der Waals surface area contributed by atoms with Gasteiger partial charge in [-0.2, -0.15) is 0 Å². The first-order valence-corrected chi connectivity index (χ1v) is 8.64. The molecule has 2 atom stereocenters. The van der Waals surface area contributed by atoms with Crippen LogP contribution >= 0.6 is 0 Å². The zero-order valence-corrected chi connectivity index (χ0v) is 14.8. The summed E-state index contributed by atoms with van der Waals surface area (Å²) in [5, 5.41) is 5.58. The minimum absolute atomic E-state index is 0.152. The maximum atomic E-state index is 12.7. The van der Waals surface area contributed by atoms with Gasteiger partial charge in [-0.1, -0.05) is 0 Å². The van der Waals surface area contributed by atoms with Crippen LogP contribution in [-0.2, 0) is 4.79 Å². The Bertz CT molecular complexity index is 819. The highest BCUT2D eigenvalue weighted by Crippen LogP contribution is 2.22. The second-order valence-electron chi connectivity index (χ2n) is 6.22. The Morgan fingerprint density at radius 2 is 2.15 bits per heavy atom. The van der Waals surface area contributed by atoms with Gasteiger partial charge in [0, 0.05) is 25.3 Å². The molecular formula is C18H21N5O4. The normalized spacial score (nSPS) is 18.9. The molecule has 3 amide bonds. The molecule has 0 unspecified atom stereocenters. The Hall–Kier alpha value is -3.36. The van der Waals surface area contributed by atoms with Crippen LogP contribution in [0.4, 0.5) is 5.82 Å². The molecule has 0 spiro atoms. The van der Waals surface area contributed by atoms with Crippen molar-refractivity contribution in [3.63, 3.8) is 0 Å². The third kappa shape index (κ3) is 4.08. The van der Waals surface area contributed by atoms with Gasteiger partial charge in [0.1, 0.15) is 11.9 Å². The fourth-order valence-corrected chi connectivity index (χ4v) is 3.06. The maximum Gasteiger partial charge on any atom is 0.290 e. The maximum absolute atomic E-state index is 12.7. The number of likely N-dealkylation sites (tertiary alicyclic amines) is 1. The first-order chi connectivity index (χ1) is 13.0. The topological polar surface area (TPSA) is 131 Å². The van der Waals surface area contributed by atoms with Crippen molar-refractivity contribution in [3.8, 4) is 0 Å². The SMILES string of the molecule is CCNC(=O)[C@@H]1C[C@@H](NC(=O)c2ccc(N)nc2)CN1C(=O)c1ccco1. The van der Waals surface area contributed by atoms with Crippen molar-refractivity contribution in [2.24, 2.45) is 0 Å². The third-order valence-electron chi connectivity index (χ3n) is 4.33. The first-order valence-electron chi connectivity index (χ1n) is 8.64. The smallest absolute Gasteiger partial charge is 0.290 e. The highest BCUT2D eigenvalue weighted by atomic mass is 16.3. The summed E-state index contributed by atoms with van der Waals surface area (Å²) in [6, 6.07) is 5.20. The number of hydrogen-bond acceptors (Lipinski definition) is 6. The second kappa shape index (κ2) is 7.90. The molecule has 9 heteroatoms. The fraction of sp³-hybridized carbons (Fsp3) is 0.333. The van der Waals surface area contributed by atoms with Gasteiger partial charge in [0.25, 0.3) is 11.8 Å². The molecule has 142 valence electrons. The molecular weight excluding hydrogens is 350 g/mol. The molecule has 0 aliphatic carbocycles. The minimum Gasteiger partial charge on any atom is -0.459 e. The fourth-order valence-electron chi connectivity index (χ4n) is 3.06. The van der Waals surface area contributed by atoms with Gasteiger partial charge in [0.2, 0.25) is 5.91 Å². The van der Waals surface area contributed by atoms with Gasteiger partial charge in [-0.05, 0) is 37.6 Å². The number of carbonyl (C=O) groups excluding carboxylic acids is 3. The Balaban J connectivity index is 1.73. The Morgan fingerprint density at radius 3 is 2.78 bits per heavy atom. The van der Waals surface area contributed by atoms with E-state index in [1.165, 1.54) is 23.4 Å². The zero-order chi connectivity index (χ0) is 19.4. The van der Waals surface area contributed by atoms with Crippen LogP contribution < -0.4 is 16.4 Å². The summed E-state index contributed by atoms with van der Waals surface area (Å²) in [7, 11) is 0. The van der Waals surface area contributed by atoms with Gasteiger partial charge in [-0.25, -0.2) is 4.98 Å². The number of carbonyl (C=O) groups is 3. The number of nitrogens with one attached hydrogen (secondary N) is 2. The van der Waals surface area contributed by atoms with Gasteiger partial charge in [0.05, 0.1) is 11.8 Å². The number of anilines is 1. The number of rotatable bonds is 5. The van der Waals surface area contributed by atoms with E-state index in [9.17, 15) is 14.4 Å². The summed E-state index contributed by atoms with van der Waals surface area (Å²) in [4.78, 5) is 42.8. The van der Waals surface area contributed by atoms with Crippen molar-refractivity contribution in [2.75, 3.05) is 18.8 Å². The molecule has 3 rings (SSSR count). The molecule has 0 bridgehead atoms. The molecule has 1 saturated heterocycles. The lowest BCUT2D eigenvalue weighted by molar-refractivity contribution is -0.124. The van der Waals surface area contributed by atoms with Crippen LogP contribution in [-0.4, -0.2) is 52.8 Å². The van der Waals surface area contributed by atoms with Crippen LogP contribution in [0.1, 0.15) is 34.3 Å². The number of nitrogens with two attached hydrogens (primary N) is 1. The molecule has 2 aromatic heterocycles. The molecule has 1 aliphatic heterocycles. The Kier molecular flexibility index (Phi) is 5.39. The highest BCUT2D eigenvalue weighted by Gasteiger charge is 2.41. The molecule has 1 fully saturated rings. The lowest BCUT2D eigenvalue weighted by Crippen LogP contribution is -2.45. The van der Waals surface area contributed by atoms with E-state index < -0.39 is 6.04 Å². The number of furan rings is 1. The van der Waals surface area contributed by atoms with E-state index in [0.717, 1.165) is 0 Å². The van der Waals surface area contributed by atoms with Gasteiger partial charge >= 0.3 is 0 Å². The van der Waals surface area contributed by atoms with Crippen LogP contribution in [0.5, 0.6) is 0 Å². The molecule has 1 aliphatic rings. The summed E-state index contributed by atoms with van der Waals surface area (Å²) in [6.45, 7) is 2.46. The standard InChI is InChI=1S/C18H21N5O4/c1-2-20-17(25)13-8-12(10-23(13)18(26)14-4-3-7-27-14)22-16(24)11-5-6-15(19)21-9-11/h3-7,9,12-13H,2,8,10H2,1H3,(H2,19,21)(H,20,25)(H,22,24)/t12-,13+/m1/s1. The molecule has 4 N–H and O–H groups in total. The van der Waals surface area contributed by atoms with E-state index in [2.05, 4.69) is 15.6 Å². The number of nitrogen functional groups attached to an aromatic ring is 1. The molecule has 9 nitrogen and oxygen atoms in total. The van der Waals surface area contributed by atoms with Crippen molar-refractivity contribution >= 4 is 23.5 Å². The Labute approximate surface area is 155 Å².